The number of carboxylic acid groups (broad SMARTS) is 1. The van der Waals surface area contributed by atoms with Gasteiger partial charge in [-0.15, -0.1) is 10.2 Å². The summed E-state index contributed by atoms with van der Waals surface area (Å²) in [6.07, 6.45) is 3.30. The topological polar surface area (TPSA) is 107 Å². The van der Waals surface area contributed by atoms with Crippen LogP contribution in [-0.2, 0) is 17.9 Å². The maximum Gasteiger partial charge on any atom is 0.325 e. The third-order valence-electron chi connectivity index (χ3n) is 4.10. The van der Waals surface area contributed by atoms with E-state index in [4.69, 9.17) is 9.15 Å². The summed E-state index contributed by atoms with van der Waals surface area (Å²) in [7, 11) is 3.31. The summed E-state index contributed by atoms with van der Waals surface area (Å²) in [6, 6.07) is 6.76. The van der Waals surface area contributed by atoms with Crippen LogP contribution in [0.5, 0.6) is 5.75 Å². The van der Waals surface area contributed by atoms with Gasteiger partial charge in [0.2, 0.25) is 11.8 Å². The maximum atomic E-state index is 11.8. The molecule has 2 aromatic heterocycles. The Hall–Kier alpha value is -3.20. The second kappa shape index (κ2) is 8.00. The van der Waals surface area contributed by atoms with E-state index < -0.39 is 12.0 Å². The van der Waals surface area contributed by atoms with Crippen molar-refractivity contribution in [1.82, 2.24) is 24.9 Å². The molecule has 1 atom stereocenters. The predicted molar refractivity (Wildman–Crippen MR) is 95.2 cm³/mol. The Morgan fingerprint density at radius 1 is 1.33 bits per heavy atom. The fraction of sp³-hybridized carbons (Fsp3) is 0.333. The Labute approximate surface area is 156 Å². The van der Waals surface area contributed by atoms with Gasteiger partial charge in [-0.3, -0.25) is 14.4 Å². The van der Waals surface area contributed by atoms with Crippen molar-refractivity contribution in [3.8, 4) is 5.75 Å². The predicted octanol–water partition coefficient (Wildman–Crippen LogP) is 1.89. The quantitative estimate of drug-likeness (QED) is 0.640. The number of aromatic nitrogens is 4. The third kappa shape index (κ3) is 4.50. The van der Waals surface area contributed by atoms with Crippen LogP contribution in [0.2, 0.25) is 0 Å². The summed E-state index contributed by atoms with van der Waals surface area (Å²) < 4.78 is 12.2. The summed E-state index contributed by atoms with van der Waals surface area (Å²) in [5.41, 5.74) is 1.61. The highest BCUT2D eigenvalue weighted by Crippen LogP contribution is 2.22. The van der Waals surface area contributed by atoms with Crippen molar-refractivity contribution in [3.63, 3.8) is 0 Å². The number of rotatable bonds is 8. The minimum Gasteiger partial charge on any atom is -0.497 e. The van der Waals surface area contributed by atoms with Crippen molar-refractivity contribution in [2.24, 2.45) is 0 Å². The first-order valence-corrected chi connectivity index (χ1v) is 8.33. The normalized spacial score (nSPS) is 12.3. The van der Waals surface area contributed by atoms with E-state index in [9.17, 15) is 9.90 Å². The van der Waals surface area contributed by atoms with Gasteiger partial charge in [-0.05, 0) is 24.7 Å². The first-order chi connectivity index (χ1) is 13.0. The van der Waals surface area contributed by atoms with Crippen molar-refractivity contribution in [3.05, 3.63) is 59.6 Å². The molecule has 0 bridgehead atoms. The van der Waals surface area contributed by atoms with Crippen molar-refractivity contribution >= 4 is 5.97 Å². The van der Waals surface area contributed by atoms with Crippen molar-refractivity contribution in [2.75, 3.05) is 14.2 Å². The van der Waals surface area contributed by atoms with Crippen LogP contribution in [-0.4, -0.2) is 50.1 Å². The summed E-state index contributed by atoms with van der Waals surface area (Å²) in [5, 5.41) is 21.7. The van der Waals surface area contributed by atoms with Gasteiger partial charge < -0.3 is 14.3 Å². The van der Waals surface area contributed by atoms with Gasteiger partial charge in [0, 0.05) is 18.7 Å². The molecule has 0 aliphatic rings. The first kappa shape index (κ1) is 18.6. The molecule has 0 saturated heterocycles. The average molecular weight is 371 g/mol. The van der Waals surface area contributed by atoms with E-state index in [1.165, 1.54) is 0 Å². The SMILES string of the molecule is COc1ccc(Cn2cc([C@H](C(=O)O)N(C)Cc3nnc(C)o3)cn2)cc1. The summed E-state index contributed by atoms with van der Waals surface area (Å²) in [6.45, 7) is 2.44. The van der Waals surface area contributed by atoms with Gasteiger partial charge in [-0.1, -0.05) is 12.1 Å². The largest absolute Gasteiger partial charge is 0.497 e. The number of benzene rings is 1. The molecule has 0 unspecified atom stereocenters. The second-order valence-corrected chi connectivity index (χ2v) is 6.19. The molecule has 142 valence electrons. The van der Waals surface area contributed by atoms with Gasteiger partial charge in [0.15, 0.2) is 0 Å². The number of aryl methyl sites for hydroxylation is 1. The highest BCUT2D eigenvalue weighted by molar-refractivity contribution is 5.75. The molecule has 0 aliphatic carbocycles. The Balaban J connectivity index is 1.73. The van der Waals surface area contributed by atoms with Crippen LogP contribution in [0.25, 0.3) is 0 Å². The zero-order valence-electron chi connectivity index (χ0n) is 15.4. The Bertz CT molecular complexity index is 903. The van der Waals surface area contributed by atoms with E-state index in [1.807, 2.05) is 24.3 Å². The molecular formula is C18H21N5O4. The van der Waals surface area contributed by atoms with Gasteiger partial charge in [0.05, 0.1) is 26.4 Å². The maximum absolute atomic E-state index is 11.8. The molecule has 2 heterocycles. The number of hydrogen-bond acceptors (Lipinski definition) is 7. The molecule has 9 nitrogen and oxygen atoms in total. The Kier molecular flexibility index (Phi) is 5.51. The second-order valence-electron chi connectivity index (χ2n) is 6.19. The number of carbonyl (C=O) groups is 1. The molecule has 3 aromatic rings. The summed E-state index contributed by atoms with van der Waals surface area (Å²) in [4.78, 5) is 13.4. The highest BCUT2D eigenvalue weighted by Gasteiger charge is 2.27. The molecular weight excluding hydrogens is 350 g/mol. The zero-order valence-corrected chi connectivity index (χ0v) is 15.4. The third-order valence-corrected chi connectivity index (χ3v) is 4.10. The number of ether oxygens (including phenoxy) is 1. The van der Waals surface area contributed by atoms with Gasteiger partial charge in [-0.25, -0.2) is 0 Å². The highest BCUT2D eigenvalue weighted by atomic mass is 16.5. The zero-order chi connectivity index (χ0) is 19.4. The molecule has 3 rings (SSSR count). The van der Waals surface area contributed by atoms with Crippen LogP contribution >= 0.6 is 0 Å². The lowest BCUT2D eigenvalue weighted by molar-refractivity contribution is -0.143. The van der Waals surface area contributed by atoms with E-state index in [0.717, 1.165) is 11.3 Å². The standard InChI is InChI=1S/C18H21N5O4/c1-12-20-21-16(27-12)11-22(2)17(18(24)25)14-8-19-23(10-14)9-13-4-6-15(26-3)7-5-13/h4-8,10,17H,9,11H2,1-3H3,(H,24,25)/t17-/m1/s1. The lowest BCUT2D eigenvalue weighted by Crippen LogP contribution is -2.30. The molecule has 0 aliphatic heterocycles. The molecule has 1 aromatic carbocycles. The molecule has 0 spiro atoms. The van der Waals surface area contributed by atoms with Crippen LogP contribution in [0.3, 0.4) is 0 Å². The van der Waals surface area contributed by atoms with Crippen molar-refractivity contribution < 1.29 is 19.1 Å². The lowest BCUT2D eigenvalue weighted by Gasteiger charge is -2.21. The monoisotopic (exact) mass is 371 g/mol. The van der Waals surface area contributed by atoms with Gasteiger partial charge in [0.25, 0.3) is 0 Å². The number of likely N-dealkylation sites (N-methyl/N-ethyl adjacent to an activating group) is 1. The number of hydrogen-bond donors (Lipinski definition) is 1. The lowest BCUT2D eigenvalue weighted by atomic mass is 10.1. The van der Waals surface area contributed by atoms with Gasteiger partial charge in [0.1, 0.15) is 11.8 Å². The molecule has 27 heavy (non-hydrogen) atoms. The van der Waals surface area contributed by atoms with Crippen LogP contribution < -0.4 is 4.74 Å². The fourth-order valence-corrected chi connectivity index (χ4v) is 2.82. The molecule has 9 heteroatoms. The van der Waals surface area contributed by atoms with Gasteiger partial charge >= 0.3 is 5.97 Å². The van der Waals surface area contributed by atoms with Crippen LogP contribution in [0.4, 0.5) is 0 Å². The van der Waals surface area contributed by atoms with E-state index in [1.54, 1.807) is 43.1 Å². The molecule has 0 saturated carbocycles. The number of aliphatic carboxylic acids is 1. The van der Waals surface area contributed by atoms with Crippen molar-refractivity contribution in [1.29, 1.82) is 0 Å². The van der Waals surface area contributed by atoms with E-state index in [2.05, 4.69) is 15.3 Å². The molecule has 0 fully saturated rings. The summed E-state index contributed by atoms with van der Waals surface area (Å²) >= 11 is 0. The van der Waals surface area contributed by atoms with Crippen LogP contribution in [0.15, 0.2) is 41.1 Å². The van der Waals surface area contributed by atoms with E-state index in [0.29, 0.717) is 23.9 Å². The molecule has 0 radical (unpaired) electrons. The van der Waals surface area contributed by atoms with Crippen molar-refractivity contribution in [2.45, 2.75) is 26.1 Å². The Morgan fingerprint density at radius 3 is 2.67 bits per heavy atom. The minimum atomic E-state index is -0.974. The van der Waals surface area contributed by atoms with E-state index >= 15 is 0 Å². The number of carboxylic acids is 1. The van der Waals surface area contributed by atoms with E-state index in [-0.39, 0.29) is 6.54 Å². The summed E-state index contributed by atoms with van der Waals surface area (Å²) in [5.74, 6) is 0.617. The number of nitrogens with zero attached hydrogens (tertiary/aromatic N) is 5. The minimum absolute atomic E-state index is 0.224. The fourth-order valence-electron chi connectivity index (χ4n) is 2.82. The smallest absolute Gasteiger partial charge is 0.325 e. The molecule has 0 amide bonds. The molecule has 1 N–H and O–H groups in total. The number of methoxy groups -OCH3 is 1. The Morgan fingerprint density at radius 2 is 2.07 bits per heavy atom. The average Bonchev–Trinajstić information content (AvgIpc) is 3.24. The van der Waals surface area contributed by atoms with Crippen LogP contribution in [0.1, 0.15) is 29.0 Å². The van der Waals surface area contributed by atoms with Gasteiger partial charge in [-0.2, -0.15) is 5.10 Å². The van der Waals surface area contributed by atoms with Crippen LogP contribution in [0, 0.1) is 6.92 Å². The first-order valence-electron chi connectivity index (χ1n) is 8.33.